The van der Waals surface area contributed by atoms with Crippen molar-refractivity contribution < 1.29 is 18.7 Å². The minimum atomic E-state index is -0.364. The molecule has 0 aromatic heterocycles. The van der Waals surface area contributed by atoms with E-state index in [9.17, 15) is 14.0 Å². The second-order valence-corrected chi connectivity index (χ2v) is 8.09. The van der Waals surface area contributed by atoms with Crippen LogP contribution in [-0.2, 0) is 0 Å². The molecule has 0 aliphatic carbocycles. The second kappa shape index (κ2) is 8.86. The van der Waals surface area contributed by atoms with Crippen molar-refractivity contribution in [2.75, 3.05) is 26.2 Å². The van der Waals surface area contributed by atoms with E-state index in [0.717, 1.165) is 38.8 Å². The monoisotopic (exact) mass is 410 g/mol. The first kappa shape index (κ1) is 20.4. The van der Waals surface area contributed by atoms with Gasteiger partial charge in [0.1, 0.15) is 18.2 Å². The average Bonchev–Trinajstić information content (AvgIpc) is 3.46. The Kier molecular flexibility index (Phi) is 6.02. The number of hydrogen-bond donors (Lipinski definition) is 0. The first-order valence-corrected chi connectivity index (χ1v) is 10.6. The van der Waals surface area contributed by atoms with Gasteiger partial charge in [0.05, 0.1) is 6.04 Å². The lowest BCUT2D eigenvalue weighted by molar-refractivity contribution is 0.0690. The number of hydrogen-bond acceptors (Lipinski definition) is 3. The molecule has 2 aromatic carbocycles. The van der Waals surface area contributed by atoms with E-state index in [1.807, 2.05) is 4.90 Å². The summed E-state index contributed by atoms with van der Waals surface area (Å²) < 4.78 is 19.8. The summed E-state index contributed by atoms with van der Waals surface area (Å²) in [5, 5.41) is 0. The number of halogens is 1. The molecule has 0 N–H and O–H groups in total. The molecule has 4 rings (SSSR count). The molecule has 1 atom stereocenters. The van der Waals surface area contributed by atoms with Crippen molar-refractivity contribution in [3.63, 3.8) is 0 Å². The van der Waals surface area contributed by atoms with Crippen LogP contribution in [-0.4, -0.2) is 53.9 Å². The van der Waals surface area contributed by atoms with E-state index in [-0.39, 0.29) is 23.7 Å². The highest BCUT2D eigenvalue weighted by Crippen LogP contribution is 2.23. The van der Waals surface area contributed by atoms with Crippen LogP contribution in [0.4, 0.5) is 4.39 Å². The maximum Gasteiger partial charge on any atom is 0.254 e. The Hall–Kier alpha value is -2.89. The van der Waals surface area contributed by atoms with E-state index in [2.05, 4.69) is 0 Å². The zero-order chi connectivity index (χ0) is 21.1. The van der Waals surface area contributed by atoms with Gasteiger partial charge >= 0.3 is 0 Å². The Labute approximate surface area is 176 Å². The van der Waals surface area contributed by atoms with Gasteiger partial charge in [0, 0.05) is 30.8 Å². The number of aryl methyl sites for hydroxylation is 1. The molecule has 0 spiro atoms. The lowest BCUT2D eigenvalue weighted by Gasteiger charge is -2.25. The molecule has 6 heteroatoms. The summed E-state index contributed by atoms with van der Waals surface area (Å²) in [7, 11) is 0. The van der Waals surface area contributed by atoms with Gasteiger partial charge in [-0.15, -0.1) is 0 Å². The van der Waals surface area contributed by atoms with Crippen molar-refractivity contribution in [1.82, 2.24) is 9.80 Å². The summed E-state index contributed by atoms with van der Waals surface area (Å²) in [4.78, 5) is 28.9. The van der Waals surface area contributed by atoms with E-state index in [1.54, 1.807) is 48.2 Å². The summed E-state index contributed by atoms with van der Waals surface area (Å²) >= 11 is 0. The van der Waals surface area contributed by atoms with Gasteiger partial charge in [-0.3, -0.25) is 9.59 Å². The lowest BCUT2D eigenvalue weighted by Crippen LogP contribution is -2.39. The largest absolute Gasteiger partial charge is 0.491 e. The first-order valence-electron chi connectivity index (χ1n) is 10.6. The van der Waals surface area contributed by atoms with Gasteiger partial charge in [0.25, 0.3) is 11.8 Å². The Morgan fingerprint density at radius 1 is 0.967 bits per heavy atom. The highest BCUT2D eigenvalue weighted by atomic mass is 19.1. The molecule has 2 amide bonds. The highest BCUT2D eigenvalue weighted by molar-refractivity contribution is 5.95. The van der Waals surface area contributed by atoms with E-state index < -0.39 is 0 Å². The summed E-state index contributed by atoms with van der Waals surface area (Å²) in [6.07, 6.45) is 3.89. The van der Waals surface area contributed by atoms with E-state index in [0.29, 0.717) is 35.6 Å². The van der Waals surface area contributed by atoms with Crippen molar-refractivity contribution in [2.24, 2.45) is 0 Å². The third kappa shape index (κ3) is 4.32. The Balaban J connectivity index is 1.36. The van der Waals surface area contributed by atoms with Crippen molar-refractivity contribution >= 4 is 11.8 Å². The van der Waals surface area contributed by atoms with Crippen LogP contribution < -0.4 is 4.74 Å². The van der Waals surface area contributed by atoms with E-state index >= 15 is 0 Å². The number of ether oxygens (including phenoxy) is 1. The minimum absolute atomic E-state index is 0.0484. The predicted octanol–water partition coefficient (Wildman–Crippen LogP) is 4.05. The van der Waals surface area contributed by atoms with Gasteiger partial charge in [-0.2, -0.15) is 0 Å². The fraction of sp³-hybridized carbons (Fsp3) is 0.417. The fourth-order valence-corrected chi connectivity index (χ4v) is 4.16. The molecule has 0 radical (unpaired) electrons. The molecule has 2 saturated heterocycles. The number of nitrogens with zero attached hydrogens (tertiary/aromatic N) is 2. The number of carbonyl (C=O) groups excluding carboxylic acids is 2. The predicted molar refractivity (Wildman–Crippen MR) is 112 cm³/mol. The second-order valence-electron chi connectivity index (χ2n) is 8.09. The molecule has 2 aliphatic heterocycles. The van der Waals surface area contributed by atoms with Crippen LogP contribution >= 0.6 is 0 Å². The standard InChI is InChI=1S/C24H27FN2O3/c1-17-6-7-19(15-22(17)25)24(29)27-14-4-5-20(27)16-30-21-10-8-18(9-11-21)23(28)26-12-2-3-13-26/h6-11,15,20H,2-5,12-14,16H2,1H3/t20-/m0/s1. The van der Waals surface area contributed by atoms with Gasteiger partial charge in [0.2, 0.25) is 0 Å². The van der Waals surface area contributed by atoms with Crippen molar-refractivity contribution in [2.45, 2.75) is 38.6 Å². The molecule has 158 valence electrons. The van der Waals surface area contributed by atoms with Gasteiger partial charge in [-0.05, 0) is 74.6 Å². The number of carbonyl (C=O) groups is 2. The van der Waals surface area contributed by atoms with Gasteiger partial charge in [-0.1, -0.05) is 6.07 Å². The zero-order valence-corrected chi connectivity index (χ0v) is 17.3. The van der Waals surface area contributed by atoms with Gasteiger partial charge in [-0.25, -0.2) is 4.39 Å². The van der Waals surface area contributed by atoms with Crippen LogP contribution in [0.2, 0.25) is 0 Å². The van der Waals surface area contributed by atoms with Crippen LogP contribution in [0.15, 0.2) is 42.5 Å². The number of rotatable bonds is 5. The molecular weight excluding hydrogens is 383 g/mol. The topological polar surface area (TPSA) is 49.9 Å². The molecule has 5 nitrogen and oxygen atoms in total. The Morgan fingerprint density at radius 3 is 2.37 bits per heavy atom. The van der Waals surface area contributed by atoms with Crippen molar-refractivity contribution in [1.29, 1.82) is 0 Å². The SMILES string of the molecule is Cc1ccc(C(=O)N2CCC[C@H]2COc2ccc(C(=O)N3CCCC3)cc2)cc1F. The van der Waals surface area contributed by atoms with Gasteiger partial charge in [0.15, 0.2) is 0 Å². The van der Waals surface area contributed by atoms with E-state index in [1.165, 1.54) is 6.07 Å². The van der Waals surface area contributed by atoms with Gasteiger partial charge < -0.3 is 14.5 Å². The average molecular weight is 410 g/mol. The summed E-state index contributed by atoms with van der Waals surface area (Å²) in [5.74, 6) is 0.216. The number of likely N-dealkylation sites (tertiary alicyclic amines) is 2. The van der Waals surface area contributed by atoms with Crippen LogP contribution in [0.1, 0.15) is 52.0 Å². The van der Waals surface area contributed by atoms with Crippen molar-refractivity contribution in [3.05, 3.63) is 65.0 Å². The molecule has 0 bridgehead atoms. The molecular formula is C24H27FN2O3. The quantitative estimate of drug-likeness (QED) is 0.747. The molecule has 2 heterocycles. The van der Waals surface area contributed by atoms with Crippen LogP contribution in [0.3, 0.4) is 0 Å². The van der Waals surface area contributed by atoms with Crippen LogP contribution in [0.5, 0.6) is 5.75 Å². The summed E-state index contributed by atoms with van der Waals surface area (Å²) in [6, 6.07) is 11.8. The van der Waals surface area contributed by atoms with E-state index in [4.69, 9.17) is 4.74 Å². The maximum atomic E-state index is 13.9. The molecule has 0 saturated carbocycles. The van der Waals surface area contributed by atoms with Crippen molar-refractivity contribution in [3.8, 4) is 5.75 Å². The molecule has 2 aromatic rings. The number of benzene rings is 2. The Morgan fingerprint density at radius 2 is 1.67 bits per heavy atom. The summed E-state index contributed by atoms with van der Waals surface area (Å²) in [6.45, 7) is 4.35. The van der Waals surface area contributed by atoms with Crippen LogP contribution in [0, 0.1) is 12.7 Å². The zero-order valence-electron chi connectivity index (χ0n) is 17.3. The first-order chi connectivity index (χ1) is 14.5. The fourth-order valence-electron chi connectivity index (χ4n) is 4.16. The highest BCUT2D eigenvalue weighted by Gasteiger charge is 2.30. The molecule has 2 fully saturated rings. The van der Waals surface area contributed by atoms with Crippen LogP contribution in [0.25, 0.3) is 0 Å². The molecule has 0 unspecified atom stereocenters. The Bertz CT molecular complexity index is 923. The summed E-state index contributed by atoms with van der Waals surface area (Å²) in [5.41, 5.74) is 1.57. The third-order valence-electron chi connectivity index (χ3n) is 5.99. The smallest absolute Gasteiger partial charge is 0.254 e. The normalized spacial score (nSPS) is 18.7. The third-order valence-corrected chi connectivity index (χ3v) is 5.99. The number of amides is 2. The maximum absolute atomic E-state index is 13.9. The minimum Gasteiger partial charge on any atom is -0.491 e. The molecule has 30 heavy (non-hydrogen) atoms. The molecule has 2 aliphatic rings. The lowest BCUT2D eigenvalue weighted by atomic mass is 10.1.